The van der Waals surface area contributed by atoms with Crippen LogP contribution in [0.15, 0.2) is 35.4 Å². The Kier molecular flexibility index (Phi) is 5.64. The zero-order chi connectivity index (χ0) is 14.4. The minimum absolute atomic E-state index is 0.0191. The van der Waals surface area contributed by atoms with Gasteiger partial charge in [0, 0.05) is 25.0 Å². The first kappa shape index (κ1) is 15.1. The Balaban J connectivity index is 2.27. The van der Waals surface area contributed by atoms with Gasteiger partial charge >= 0.3 is 0 Å². The molecule has 0 aliphatic rings. The van der Waals surface area contributed by atoms with E-state index in [1.807, 2.05) is 41.9 Å². The summed E-state index contributed by atoms with van der Waals surface area (Å²) in [6, 6.07) is 10.0. The van der Waals surface area contributed by atoms with Crippen molar-refractivity contribution in [1.82, 2.24) is 9.78 Å². The molecule has 0 fully saturated rings. The molecule has 0 aliphatic heterocycles. The number of aromatic nitrogens is 2. The molecule has 0 atom stereocenters. The van der Waals surface area contributed by atoms with E-state index in [1.165, 1.54) is 0 Å². The molecule has 0 radical (unpaired) electrons. The van der Waals surface area contributed by atoms with Crippen LogP contribution >= 0.6 is 11.8 Å². The number of methoxy groups -OCH3 is 1. The fourth-order valence-corrected chi connectivity index (χ4v) is 3.10. The minimum Gasteiger partial charge on any atom is -0.392 e. The van der Waals surface area contributed by atoms with Gasteiger partial charge in [-0.15, -0.1) is 11.8 Å². The van der Waals surface area contributed by atoms with Crippen LogP contribution < -0.4 is 0 Å². The van der Waals surface area contributed by atoms with Gasteiger partial charge in [0.25, 0.3) is 0 Å². The monoisotopic (exact) mass is 292 g/mol. The van der Waals surface area contributed by atoms with E-state index in [0.717, 1.165) is 40.8 Å². The number of thioether (sulfide) groups is 1. The Morgan fingerprint density at radius 3 is 2.70 bits per heavy atom. The van der Waals surface area contributed by atoms with Crippen LogP contribution in [0.3, 0.4) is 0 Å². The molecule has 108 valence electrons. The number of aryl methyl sites for hydroxylation is 1. The van der Waals surface area contributed by atoms with Gasteiger partial charge in [-0.25, -0.2) is 4.68 Å². The molecule has 5 heteroatoms. The van der Waals surface area contributed by atoms with Gasteiger partial charge in [0.1, 0.15) is 5.03 Å². The molecule has 1 N–H and O–H groups in total. The van der Waals surface area contributed by atoms with Crippen LogP contribution in [-0.2, 0) is 11.3 Å². The summed E-state index contributed by atoms with van der Waals surface area (Å²) in [6.07, 6.45) is 0.977. The Bertz CT molecular complexity index is 540. The second-order valence-corrected chi connectivity index (χ2v) is 5.55. The summed E-state index contributed by atoms with van der Waals surface area (Å²) in [5.41, 5.74) is 2.81. The quantitative estimate of drug-likeness (QED) is 0.630. The van der Waals surface area contributed by atoms with Gasteiger partial charge in [0.15, 0.2) is 0 Å². The van der Waals surface area contributed by atoms with Gasteiger partial charge in [-0.1, -0.05) is 18.2 Å². The average Bonchev–Trinajstić information content (AvgIpc) is 2.80. The minimum atomic E-state index is 0.0191. The van der Waals surface area contributed by atoms with Gasteiger partial charge in [-0.3, -0.25) is 0 Å². The molecule has 0 amide bonds. The lowest BCUT2D eigenvalue weighted by Gasteiger charge is -2.08. The van der Waals surface area contributed by atoms with Crippen molar-refractivity contribution in [3.8, 4) is 5.69 Å². The fourth-order valence-electron chi connectivity index (χ4n) is 1.98. The highest BCUT2D eigenvalue weighted by Gasteiger charge is 2.15. The Morgan fingerprint density at radius 1 is 1.30 bits per heavy atom. The van der Waals surface area contributed by atoms with Gasteiger partial charge in [0.2, 0.25) is 0 Å². The molecule has 2 aromatic rings. The Hall–Kier alpha value is -1.30. The molecule has 4 nitrogen and oxygen atoms in total. The number of hydrogen-bond acceptors (Lipinski definition) is 4. The maximum atomic E-state index is 9.57. The van der Waals surface area contributed by atoms with Gasteiger partial charge in [-0.2, -0.15) is 5.10 Å². The maximum Gasteiger partial charge on any atom is 0.106 e. The first-order valence-corrected chi connectivity index (χ1v) is 7.63. The van der Waals surface area contributed by atoms with E-state index in [0.29, 0.717) is 0 Å². The predicted octanol–water partition coefficient (Wildman–Crippen LogP) is 2.80. The van der Waals surface area contributed by atoms with Crippen molar-refractivity contribution >= 4 is 11.8 Å². The second-order valence-electron chi connectivity index (χ2n) is 4.47. The van der Waals surface area contributed by atoms with Crippen LogP contribution in [0, 0.1) is 6.92 Å². The van der Waals surface area contributed by atoms with Crippen LogP contribution in [0.4, 0.5) is 0 Å². The molecule has 20 heavy (non-hydrogen) atoms. The number of rotatable bonds is 7. The normalized spacial score (nSPS) is 10.9. The molecule has 1 aromatic heterocycles. The molecule has 0 saturated heterocycles. The van der Waals surface area contributed by atoms with E-state index in [2.05, 4.69) is 5.10 Å². The number of ether oxygens (including phenoxy) is 1. The van der Waals surface area contributed by atoms with E-state index in [1.54, 1.807) is 18.9 Å². The van der Waals surface area contributed by atoms with Crippen LogP contribution in [0.5, 0.6) is 0 Å². The molecule has 0 aliphatic carbocycles. The smallest absolute Gasteiger partial charge is 0.106 e. The number of aliphatic hydroxyl groups excluding tert-OH is 1. The Labute approximate surface area is 123 Å². The van der Waals surface area contributed by atoms with Crippen molar-refractivity contribution in [2.75, 3.05) is 19.5 Å². The molecule has 1 heterocycles. The summed E-state index contributed by atoms with van der Waals surface area (Å²) in [4.78, 5) is 0. The van der Waals surface area contributed by atoms with E-state index >= 15 is 0 Å². The van der Waals surface area contributed by atoms with Crippen molar-refractivity contribution in [2.45, 2.75) is 25.0 Å². The lowest BCUT2D eigenvalue weighted by molar-refractivity contribution is 0.200. The molecule has 0 unspecified atom stereocenters. The SMILES string of the molecule is COCCCSc1c(CO)c(C)nn1-c1ccccc1. The van der Waals surface area contributed by atoms with Crippen LogP contribution in [0.1, 0.15) is 17.7 Å². The third-order valence-corrected chi connectivity index (χ3v) is 4.21. The number of para-hydroxylation sites is 1. The number of nitrogens with zero attached hydrogens (tertiary/aromatic N) is 2. The van der Waals surface area contributed by atoms with E-state index < -0.39 is 0 Å². The van der Waals surface area contributed by atoms with Gasteiger partial charge in [-0.05, 0) is 25.5 Å². The summed E-state index contributed by atoms with van der Waals surface area (Å²) < 4.78 is 6.99. The molecular weight excluding hydrogens is 272 g/mol. The van der Waals surface area contributed by atoms with Crippen LogP contribution in [0.25, 0.3) is 5.69 Å². The van der Waals surface area contributed by atoms with Crippen molar-refractivity contribution in [1.29, 1.82) is 0 Å². The lowest BCUT2D eigenvalue weighted by atomic mass is 10.3. The average molecular weight is 292 g/mol. The zero-order valence-corrected chi connectivity index (χ0v) is 12.7. The highest BCUT2D eigenvalue weighted by atomic mass is 32.2. The largest absolute Gasteiger partial charge is 0.392 e. The van der Waals surface area contributed by atoms with E-state index in [-0.39, 0.29) is 6.61 Å². The van der Waals surface area contributed by atoms with E-state index in [9.17, 15) is 5.11 Å². The lowest BCUT2D eigenvalue weighted by Crippen LogP contribution is -2.00. The standard InChI is InChI=1S/C15H20N2O2S/c1-12-14(11-18)15(20-10-6-9-19-2)17(16-12)13-7-4-3-5-8-13/h3-5,7-8,18H,6,9-11H2,1-2H3. The van der Waals surface area contributed by atoms with Crippen molar-refractivity contribution in [3.63, 3.8) is 0 Å². The summed E-state index contributed by atoms with van der Waals surface area (Å²) in [7, 11) is 1.71. The highest BCUT2D eigenvalue weighted by Crippen LogP contribution is 2.28. The van der Waals surface area contributed by atoms with Crippen molar-refractivity contribution in [2.24, 2.45) is 0 Å². The highest BCUT2D eigenvalue weighted by molar-refractivity contribution is 7.99. The van der Waals surface area contributed by atoms with Crippen LogP contribution in [0.2, 0.25) is 0 Å². The first-order chi connectivity index (χ1) is 9.77. The fraction of sp³-hybridized carbons (Fsp3) is 0.400. The third kappa shape index (κ3) is 3.42. The van der Waals surface area contributed by atoms with Crippen molar-refractivity contribution in [3.05, 3.63) is 41.6 Å². The van der Waals surface area contributed by atoms with Crippen molar-refractivity contribution < 1.29 is 9.84 Å². The predicted molar refractivity (Wildman–Crippen MR) is 81.4 cm³/mol. The second kappa shape index (κ2) is 7.47. The zero-order valence-electron chi connectivity index (χ0n) is 11.9. The molecule has 1 aromatic carbocycles. The third-order valence-electron chi connectivity index (χ3n) is 3.03. The molecular formula is C15H20N2O2S. The van der Waals surface area contributed by atoms with Crippen LogP contribution in [-0.4, -0.2) is 34.4 Å². The Morgan fingerprint density at radius 2 is 2.05 bits per heavy atom. The summed E-state index contributed by atoms with van der Waals surface area (Å²) in [5.74, 6) is 0.943. The molecule has 0 saturated carbocycles. The van der Waals surface area contributed by atoms with Gasteiger partial charge < -0.3 is 9.84 Å². The first-order valence-electron chi connectivity index (χ1n) is 6.64. The maximum absolute atomic E-state index is 9.57. The number of benzene rings is 1. The summed E-state index contributed by atoms with van der Waals surface area (Å²) in [5, 5.41) is 15.1. The van der Waals surface area contributed by atoms with Gasteiger partial charge in [0.05, 0.1) is 18.0 Å². The molecule has 0 spiro atoms. The topological polar surface area (TPSA) is 47.3 Å². The molecule has 0 bridgehead atoms. The summed E-state index contributed by atoms with van der Waals surface area (Å²) >= 11 is 1.71. The van der Waals surface area contributed by atoms with E-state index in [4.69, 9.17) is 4.74 Å². The summed E-state index contributed by atoms with van der Waals surface area (Å²) in [6.45, 7) is 2.70. The number of hydrogen-bond donors (Lipinski definition) is 1. The molecule has 2 rings (SSSR count). The number of aliphatic hydroxyl groups is 1.